The summed E-state index contributed by atoms with van der Waals surface area (Å²) in [6.07, 6.45) is 3.37. The van der Waals surface area contributed by atoms with E-state index < -0.39 is 5.91 Å². The van der Waals surface area contributed by atoms with Gasteiger partial charge in [-0.3, -0.25) is 19.5 Å². The summed E-state index contributed by atoms with van der Waals surface area (Å²) in [5, 5.41) is 18.3. The molecule has 0 fully saturated rings. The monoisotopic (exact) mass is 287 g/mol. The van der Waals surface area contributed by atoms with E-state index in [0.717, 1.165) is 5.56 Å². The Labute approximate surface area is 119 Å². The number of carbonyl (C=O) groups excluding carboxylic acids is 1. The highest BCUT2D eigenvalue weighted by atomic mass is 16.4. The molecule has 0 aliphatic rings. The number of rotatable bonds is 3. The van der Waals surface area contributed by atoms with E-state index in [1.807, 2.05) is 0 Å². The maximum absolute atomic E-state index is 12.1. The molecule has 0 radical (unpaired) electrons. The normalized spacial score (nSPS) is 10.8. The molecule has 9 nitrogen and oxygen atoms in total. The molecule has 108 valence electrons. The molecule has 3 aromatic rings. The predicted molar refractivity (Wildman–Crippen MR) is 72.4 cm³/mol. The van der Waals surface area contributed by atoms with Crippen molar-refractivity contribution in [2.45, 2.75) is 6.92 Å². The average molecular weight is 287 g/mol. The van der Waals surface area contributed by atoms with Crippen LogP contribution in [0.25, 0.3) is 11.6 Å². The van der Waals surface area contributed by atoms with Gasteiger partial charge < -0.3 is 4.42 Å². The number of hydrogen-bond acceptors (Lipinski definition) is 6. The van der Waals surface area contributed by atoms with Crippen molar-refractivity contribution in [2.75, 3.05) is 5.32 Å². The van der Waals surface area contributed by atoms with Gasteiger partial charge in [0.05, 0.1) is 0 Å². The van der Waals surface area contributed by atoms with Crippen molar-refractivity contribution in [3.63, 3.8) is 0 Å². The first-order chi connectivity index (χ1) is 10.0. The van der Waals surface area contributed by atoms with Crippen LogP contribution in [0.15, 0.2) is 22.9 Å². The lowest BCUT2D eigenvalue weighted by atomic mass is 10.3. The van der Waals surface area contributed by atoms with E-state index >= 15 is 0 Å². The fourth-order valence-electron chi connectivity index (χ4n) is 1.95. The SMILES string of the molecule is Cc1cn(C)nc1C(=O)Nc1nnc(-c2ccnn2C)o1. The summed E-state index contributed by atoms with van der Waals surface area (Å²) in [6, 6.07) is 1.75. The first-order valence-corrected chi connectivity index (χ1v) is 6.18. The van der Waals surface area contributed by atoms with Gasteiger partial charge in [0, 0.05) is 32.1 Å². The van der Waals surface area contributed by atoms with Gasteiger partial charge in [-0.1, -0.05) is 5.10 Å². The fourth-order valence-corrected chi connectivity index (χ4v) is 1.95. The number of carbonyl (C=O) groups is 1. The van der Waals surface area contributed by atoms with Crippen molar-refractivity contribution in [3.8, 4) is 11.6 Å². The molecule has 0 saturated heterocycles. The third-order valence-corrected chi connectivity index (χ3v) is 2.91. The van der Waals surface area contributed by atoms with E-state index in [2.05, 4.69) is 25.7 Å². The van der Waals surface area contributed by atoms with E-state index in [1.54, 1.807) is 48.8 Å². The van der Waals surface area contributed by atoms with Gasteiger partial charge in [0.25, 0.3) is 11.8 Å². The van der Waals surface area contributed by atoms with E-state index in [1.165, 1.54) is 0 Å². The minimum absolute atomic E-state index is 0.0150. The molecular weight excluding hydrogens is 274 g/mol. The van der Waals surface area contributed by atoms with Crippen molar-refractivity contribution < 1.29 is 9.21 Å². The lowest BCUT2D eigenvalue weighted by Gasteiger charge is -1.98. The van der Waals surface area contributed by atoms with Crippen molar-refractivity contribution in [2.24, 2.45) is 14.1 Å². The summed E-state index contributed by atoms with van der Waals surface area (Å²) >= 11 is 0. The quantitative estimate of drug-likeness (QED) is 0.762. The number of nitrogens with zero attached hydrogens (tertiary/aromatic N) is 6. The van der Waals surface area contributed by atoms with Crippen LogP contribution in [0.2, 0.25) is 0 Å². The molecule has 0 bridgehead atoms. The van der Waals surface area contributed by atoms with Crippen LogP contribution in [-0.2, 0) is 14.1 Å². The minimum atomic E-state index is -0.395. The Morgan fingerprint density at radius 1 is 1.33 bits per heavy atom. The Balaban J connectivity index is 1.80. The van der Waals surface area contributed by atoms with Crippen LogP contribution in [0.1, 0.15) is 16.1 Å². The summed E-state index contributed by atoms with van der Waals surface area (Å²) in [5.41, 5.74) is 1.75. The number of hydrogen-bond donors (Lipinski definition) is 1. The Morgan fingerprint density at radius 3 is 2.76 bits per heavy atom. The highest BCUT2D eigenvalue weighted by Gasteiger charge is 2.17. The first-order valence-electron chi connectivity index (χ1n) is 6.18. The highest BCUT2D eigenvalue weighted by molar-refractivity contribution is 6.02. The Morgan fingerprint density at radius 2 is 2.14 bits per heavy atom. The molecule has 21 heavy (non-hydrogen) atoms. The van der Waals surface area contributed by atoms with Gasteiger partial charge in [-0.2, -0.15) is 10.2 Å². The van der Waals surface area contributed by atoms with Crippen molar-refractivity contribution in [1.82, 2.24) is 29.8 Å². The number of anilines is 1. The molecule has 1 N–H and O–H groups in total. The zero-order chi connectivity index (χ0) is 15.0. The van der Waals surface area contributed by atoms with Crippen LogP contribution in [0, 0.1) is 6.92 Å². The summed E-state index contributed by atoms with van der Waals surface area (Å²) in [5.74, 6) is -0.114. The van der Waals surface area contributed by atoms with Crippen LogP contribution in [-0.4, -0.2) is 35.7 Å². The molecule has 3 rings (SSSR count). The maximum atomic E-state index is 12.1. The molecule has 0 saturated carbocycles. The molecule has 3 aromatic heterocycles. The molecule has 0 atom stereocenters. The number of amides is 1. The maximum Gasteiger partial charge on any atom is 0.322 e. The molecule has 0 unspecified atom stereocenters. The third-order valence-electron chi connectivity index (χ3n) is 2.91. The third kappa shape index (κ3) is 2.40. The van der Waals surface area contributed by atoms with Crippen molar-refractivity contribution >= 4 is 11.9 Å². The Kier molecular flexibility index (Phi) is 3.01. The summed E-state index contributed by atoms with van der Waals surface area (Å²) in [7, 11) is 3.51. The van der Waals surface area contributed by atoms with Gasteiger partial charge >= 0.3 is 6.01 Å². The molecule has 1 amide bonds. The van der Waals surface area contributed by atoms with Crippen LogP contribution in [0.5, 0.6) is 0 Å². The van der Waals surface area contributed by atoms with Crippen LogP contribution < -0.4 is 5.32 Å². The van der Waals surface area contributed by atoms with Crippen molar-refractivity contribution in [3.05, 3.63) is 29.7 Å². The van der Waals surface area contributed by atoms with E-state index in [0.29, 0.717) is 11.4 Å². The first kappa shape index (κ1) is 13.0. The Bertz CT molecular complexity index is 798. The largest absolute Gasteiger partial charge is 0.401 e. The predicted octanol–water partition coefficient (Wildman–Crippen LogP) is 0.764. The van der Waals surface area contributed by atoms with Gasteiger partial charge in [-0.05, 0) is 13.0 Å². The van der Waals surface area contributed by atoms with Gasteiger partial charge in [-0.25, -0.2) is 0 Å². The molecule has 0 aliphatic heterocycles. The lowest BCUT2D eigenvalue weighted by molar-refractivity contribution is 0.101. The summed E-state index contributed by atoms with van der Waals surface area (Å²) < 4.78 is 8.57. The fraction of sp³-hybridized carbons (Fsp3) is 0.250. The van der Waals surface area contributed by atoms with Crippen LogP contribution in [0.4, 0.5) is 6.01 Å². The molecule has 0 spiro atoms. The standard InChI is InChI=1S/C12H13N7O2/c1-7-6-18(2)17-9(7)10(20)14-12-16-15-11(21-12)8-4-5-13-19(8)3/h4-6H,1-3H3,(H,14,16,20). The van der Waals surface area contributed by atoms with E-state index in [9.17, 15) is 4.79 Å². The highest BCUT2D eigenvalue weighted by Crippen LogP contribution is 2.19. The molecule has 0 aliphatic carbocycles. The summed E-state index contributed by atoms with van der Waals surface area (Å²) in [4.78, 5) is 12.1. The molecule has 9 heteroatoms. The van der Waals surface area contributed by atoms with Gasteiger partial charge in [0.1, 0.15) is 5.69 Å². The Hall–Kier alpha value is -2.97. The smallest absolute Gasteiger partial charge is 0.322 e. The number of aryl methyl sites for hydroxylation is 3. The minimum Gasteiger partial charge on any atom is -0.401 e. The molecule has 0 aromatic carbocycles. The average Bonchev–Trinajstić information content (AvgIpc) is 3.10. The van der Waals surface area contributed by atoms with Crippen LogP contribution in [0.3, 0.4) is 0 Å². The van der Waals surface area contributed by atoms with E-state index in [4.69, 9.17) is 4.42 Å². The zero-order valence-electron chi connectivity index (χ0n) is 11.7. The topological polar surface area (TPSA) is 104 Å². The van der Waals surface area contributed by atoms with E-state index in [-0.39, 0.29) is 11.9 Å². The second-order valence-corrected chi connectivity index (χ2v) is 4.54. The van der Waals surface area contributed by atoms with Crippen LogP contribution >= 0.6 is 0 Å². The van der Waals surface area contributed by atoms with Crippen molar-refractivity contribution in [1.29, 1.82) is 0 Å². The van der Waals surface area contributed by atoms with Gasteiger partial charge in [0.2, 0.25) is 0 Å². The lowest BCUT2D eigenvalue weighted by Crippen LogP contribution is -2.14. The van der Waals surface area contributed by atoms with Gasteiger partial charge in [0.15, 0.2) is 5.69 Å². The molecule has 3 heterocycles. The second kappa shape index (κ2) is 4.85. The summed E-state index contributed by atoms with van der Waals surface area (Å²) in [6.45, 7) is 1.80. The van der Waals surface area contributed by atoms with Gasteiger partial charge in [-0.15, -0.1) is 5.10 Å². The molecular formula is C12H13N7O2. The second-order valence-electron chi connectivity index (χ2n) is 4.54. The number of aromatic nitrogens is 6. The number of nitrogens with one attached hydrogen (secondary N) is 1. The zero-order valence-corrected chi connectivity index (χ0v) is 11.7.